The second-order valence-corrected chi connectivity index (χ2v) is 4.00. The molecule has 0 radical (unpaired) electrons. The van der Waals surface area contributed by atoms with Crippen LogP contribution in [0.4, 0.5) is 5.69 Å². The average Bonchev–Trinajstić information content (AvgIpc) is 2.39. The molecule has 0 heterocycles. The Morgan fingerprint density at radius 3 is 2.61 bits per heavy atom. The molecule has 0 aliphatic carbocycles. The first-order chi connectivity index (χ1) is 8.61. The number of hydrogen-bond donors (Lipinski definition) is 0. The van der Waals surface area contributed by atoms with E-state index < -0.39 is 4.92 Å². The van der Waals surface area contributed by atoms with E-state index in [1.807, 2.05) is 13.0 Å². The molecule has 0 bridgehead atoms. The van der Waals surface area contributed by atoms with E-state index in [9.17, 15) is 14.9 Å². The molecule has 2 aromatic rings. The van der Waals surface area contributed by atoms with Gasteiger partial charge in [-0.3, -0.25) is 14.9 Å². The molecule has 0 saturated heterocycles. The van der Waals surface area contributed by atoms with E-state index in [1.165, 1.54) is 12.1 Å². The van der Waals surface area contributed by atoms with Crippen molar-refractivity contribution in [2.24, 2.45) is 0 Å². The van der Waals surface area contributed by atoms with Gasteiger partial charge in [0.05, 0.1) is 4.92 Å². The molecule has 0 aliphatic heterocycles. The highest BCUT2D eigenvalue weighted by Gasteiger charge is 2.09. The van der Waals surface area contributed by atoms with Gasteiger partial charge in [-0.15, -0.1) is 0 Å². The Morgan fingerprint density at radius 2 is 1.94 bits per heavy atom. The average molecular weight is 241 g/mol. The highest BCUT2D eigenvalue weighted by atomic mass is 16.6. The summed E-state index contributed by atoms with van der Waals surface area (Å²) in [4.78, 5) is 21.1. The topological polar surface area (TPSA) is 60.2 Å². The quantitative estimate of drug-likeness (QED) is 0.470. The van der Waals surface area contributed by atoms with E-state index in [1.54, 1.807) is 24.3 Å². The molecule has 2 aromatic carbocycles. The van der Waals surface area contributed by atoms with Crippen molar-refractivity contribution in [3.63, 3.8) is 0 Å². The summed E-state index contributed by atoms with van der Waals surface area (Å²) in [6.45, 7) is 1.91. The molecule has 0 atom stereocenters. The summed E-state index contributed by atoms with van der Waals surface area (Å²) >= 11 is 0. The van der Waals surface area contributed by atoms with Crippen molar-refractivity contribution < 1.29 is 9.72 Å². The molecule has 18 heavy (non-hydrogen) atoms. The molecule has 0 fully saturated rings. The predicted octanol–water partition coefficient (Wildman–Crippen LogP) is 3.38. The fourth-order valence-electron chi connectivity index (χ4n) is 1.81. The van der Waals surface area contributed by atoms with Crippen LogP contribution in [0.25, 0.3) is 11.1 Å². The number of hydrogen-bond acceptors (Lipinski definition) is 3. The van der Waals surface area contributed by atoms with Gasteiger partial charge in [-0.25, -0.2) is 0 Å². The van der Waals surface area contributed by atoms with Crippen LogP contribution >= 0.6 is 0 Å². The first-order valence-corrected chi connectivity index (χ1v) is 5.42. The third-order valence-corrected chi connectivity index (χ3v) is 2.77. The van der Waals surface area contributed by atoms with Crippen LogP contribution in [0.1, 0.15) is 15.9 Å². The summed E-state index contributed by atoms with van der Waals surface area (Å²) in [5.41, 5.74) is 3.15. The number of carbonyl (C=O) groups is 1. The molecule has 2 rings (SSSR count). The van der Waals surface area contributed by atoms with Gasteiger partial charge >= 0.3 is 0 Å². The second kappa shape index (κ2) is 4.79. The number of nitro groups is 1. The lowest BCUT2D eigenvalue weighted by molar-refractivity contribution is -0.384. The Morgan fingerprint density at radius 1 is 1.17 bits per heavy atom. The molecule has 0 spiro atoms. The summed E-state index contributed by atoms with van der Waals surface area (Å²) < 4.78 is 0. The Balaban J connectivity index is 2.57. The van der Waals surface area contributed by atoms with Gasteiger partial charge in [0.15, 0.2) is 0 Å². The highest BCUT2D eigenvalue weighted by molar-refractivity contribution is 5.80. The Bertz CT molecular complexity index is 620. The number of aldehydes is 1. The van der Waals surface area contributed by atoms with Gasteiger partial charge in [-0.1, -0.05) is 24.3 Å². The predicted molar refractivity (Wildman–Crippen MR) is 68.7 cm³/mol. The van der Waals surface area contributed by atoms with Crippen LogP contribution in [-0.2, 0) is 0 Å². The van der Waals surface area contributed by atoms with Crippen molar-refractivity contribution in [1.82, 2.24) is 0 Å². The second-order valence-electron chi connectivity index (χ2n) is 4.00. The third-order valence-electron chi connectivity index (χ3n) is 2.77. The zero-order valence-corrected chi connectivity index (χ0v) is 9.79. The smallest absolute Gasteiger partial charge is 0.270 e. The SMILES string of the molecule is Cc1ccc(C=O)cc1-c1cccc([N+](=O)[O-])c1. The first-order valence-electron chi connectivity index (χ1n) is 5.42. The number of benzene rings is 2. The highest BCUT2D eigenvalue weighted by Crippen LogP contribution is 2.27. The van der Waals surface area contributed by atoms with Crippen molar-refractivity contribution >= 4 is 12.0 Å². The third kappa shape index (κ3) is 2.27. The summed E-state index contributed by atoms with van der Waals surface area (Å²) in [6, 6.07) is 11.7. The molecule has 0 amide bonds. The lowest BCUT2D eigenvalue weighted by Gasteiger charge is -2.06. The lowest BCUT2D eigenvalue weighted by Crippen LogP contribution is -1.90. The molecule has 4 heteroatoms. The zero-order chi connectivity index (χ0) is 13.1. The van der Waals surface area contributed by atoms with Crippen LogP contribution in [0.2, 0.25) is 0 Å². The molecular weight excluding hydrogens is 230 g/mol. The van der Waals surface area contributed by atoms with Crippen molar-refractivity contribution in [3.8, 4) is 11.1 Å². The van der Waals surface area contributed by atoms with Gasteiger partial charge < -0.3 is 0 Å². The van der Waals surface area contributed by atoms with Gasteiger partial charge in [0.2, 0.25) is 0 Å². The molecular formula is C14H11NO3. The van der Waals surface area contributed by atoms with Crippen molar-refractivity contribution in [2.45, 2.75) is 6.92 Å². The Kier molecular flexibility index (Phi) is 3.19. The van der Waals surface area contributed by atoms with Crippen LogP contribution in [-0.4, -0.2) is 11.2 Å². The van der Waals surface area contributed by atoms with E-state index in [4.69, 9.17) is 0 Å². The minimum Gasteiger partial charge on any atom is -0.298 e. The Hall–Kier alpha value is -2.49. The van der Waals surface area contributed by atoms with Gasteiger partial charge in [-0.05, 0) is 29.7 Å². The zero-order valence-electron chi connectivity index (χ0n) is 9.79. The van der Waals surface area contributed by atoms with E-state index in [0.29, 0.717) is 5.56 Å². The van der Waals surface area contributed by atoms with Crippen LogP contribution < -0.4 is 0 Å². The molecule has 90 valence electrons. The number of rotatable bonds is 3. The van der Waals surface area contributed by atoms with Gasteiger partial charge in [-0.2, -0.15) is 0 Å². The summed E-state index contributed by atoms with van der Waals surface area (Å²) in [6.07, 6.45) is 0.764. The van der Waals surface area contributed by atoms with Crippen LogP contribution in [0, 0.1) is 17.0 Å². The molecule has 0 saturated carbocycles. The van der Waals surface area contributed by atoms with Gasteiger partial charge in [0.25, 0.3) is 5.69 Å². The maximum Gasteiger partial charge on any atom is 0.270 e. The number of non-ortho nitro benzene ring substituents is 1. The van der Waals surface area contributed by atoms with Crippen LogP contribution in [0.15, 0.2) is 42.5 Å². The van der Waals surface area contributed by atoms with Crippen LogP contribution in [0.5, 0.6) is 0 Å². The number of aryl methyl sites for hydroxylation is 1. The minimum atomic E-state index is -0.428. The lowest BCUT2D eigenvalue weighted by atomic mass is 9.98. The van der Waals surface area contributed by atoms with Crippen LogP contribution in [0.3, 0.4) is 0 Å². The van der Waals surface area contributed by atoms with Crippen molar-refractivity contribution in [2.75, 3.05) is 0 Å². The van der Waals surface area contributed by atoms with Gasteiger partial charge in [0.1, 0.15) is 6.29 Å². The first kappa shape index (κ1) is 12.0. The molecule has 0 unspecified atom stereocenters. The van der Waals surface area contributed by atoms with Crippen molar-refractivity contribution in [3.05, 3.63) is 63.7 Å². The summed E-state index contributed by atoms with van der Waals surface area (Å²) in [5.74, 6) is 0. The molecule has 0 aliphatic rings. The molecule has 0 N–H and O–H groups in total. The standard InChI is InChI=1S/C14H11NO3/c1-10-5-6-11(9-16)7-14(10)12-3-2-4-13(8-12)15(17)18/h2-9H,1H3. The summed E-state index contributed by atoms with van der Waals surface area (Å²) in [7, 11) is 0. The van der Waals surface area contributed by atoms with E-state index in [0.717, 1.165) is 23.0 Å². The normalized spacial score (nSPS) is 10.1. The number of carbonyl (C=O) groups excluding carboxylic acids is 1. The van der Waals surface area contributed by atoms with Gasteiger partial charge in [0, 0.05) is 17.7 Å². The number of nitrogens with zero attached hydrogens (tertiary/aromatic N) is 1. The fraction of sp³-hybridized carbons (Fsp3) is 0.0714. The largest absolute Gasteiger partial charge is 0.298 e. The maximum atomic E-state index is 10.8. The van der Waals surface area contributed by atoms with E-state index in [-0.39, 0.29) is 5.69 Å². The van der Waals surface area contributed by atoms with Crippen molar-refractivity contribution in [1.29, 1.82) is 0 Å². The molecule has 0 aromatic heterocycles. The summed E-state index contributed by atoms with van der Waals surface area (Å²) in [5, 5.41) is 10.7. The Labute approximate surface area is 104 Å². The number of nitro benzene ring substituents is 1. The minimum absolute atomic E-state index is 0.0448. The van der Waals surface area contributed by atoms with E-state index in [2.05, 4.69) is 0 Å². The van der Waals surface area contributed by atoms with E-state index >= 15 is 0 Å². The monoisotopic (exact) mass is 241 g/mol. The maximum absolute atomic E-state index is 10.8. The molecule has 4 nitrogen and oxygen atoms in total. The fourth-order valence-corrected chi connectivity index (χ4v) is 1.81.